The third kappa shape index (κ3) is 8.02. The molecule has 3 aromatic rings. The summed E-state index contributed by atoms with van der Waals surface area (Å²) in [5.41, 5.74) is -0.674. The molecule has 12 heteroatoms. The van der Waals surface area contributed by atoms with E-state index in [1.54, 1.807) is 43.3 Å². The lowest BCUT2D eigenvalue weighted by atomic mass is 9.70. The van der Waals surface area contributed by atoms with Gasteiger partial charge in [0.25, 0.3) is 17.4 Å². The average molecular weight is 720 g/mol. The van der Waals surface area contributed by atoms with Crippen molar-refractivity contribution in [3.05, 3.63) is 106 Å². The van der Waals surface area contributed by atoms with Crippen molar-refractivity contribution in [3.63, 3.8) is 0 Å². The summed E-state index contributed by atoms with van der Waals surface area (Å²) in [6.45, 7) is 7.23. The van der Waals surface area contributed by atoms with E-state index in [2.05, 4.69) is 9.47 Å². The van der Waals surface area contributed by atoms with E-state index in [1.807, 2.05) is 39.0 Å². The number of alkyl halides is 6. The first-order valence-corrected chi connectivity index (χ1v) is 16.8. The maximum Gasteiger partial charge on any atom is 0.430 e. The first-order chi connectivity index (χ1) is 24.1. The van der Waals surface area contributed by atoms with Gasteiger partial charge in [-0.3, -0.25) is 14.5 Å². The second-order valence-electron chi connectivity index (χ2n) is 12.7. The Kier molecular flexibility index (Phi) is 12.4. The number of methoxy groups -OCH3 is 1. The molecule has 0 spiro atoms. The molecule has 1 aliphatic heterocycles. The van der Waals surface area contributed by atoms with Crippen LogP contribution in [0.1, 0.15) is 94.5 Å². The van der Waals surface area contributed by atoms with Crippen LogP contribution in [0.5, 0.6) is 5.75 Å². The molecule has 0 atom stereocenters. The molecule has 1 aliphatic rings. The number of imide groups is 1. The predicted octanol–water partition coefficient (Wildman–Crippen LogP) is 9.75. The van der Waals surface area contributed by atoms with E-state index in [-0.39, 0.29) is 23.5 Å². The fourth-order valence-corrected chi connectivity index (χ4v) is 6.60. The normalized spacial score (nSPS) is 14.1. The Morgan fingerprint density at radius 1 is 0.745 bits per heavy atom. The highest BCUT2D eigenvalue weighted by Crippen LogP contribution is 2.47. The van der Waals surface area contributed by atoms with Gasteiger partial charge in [-0.05, 0) is 98.0 Å². The molecule has 0 N–H and O–H groups in total. The summed E-state index contributed by atoms with van der Waals surface area (Å²) < 4.78 is 97.6. The molecule has 0 unspecified atom stereocenters. The lowest BCUT2D eigenvalue weighted by molar-refractivity contribution is -0.372. The number of rotatable bonds is 16. The van der Waals surface area contributed by atoms with E-state index in [1.165, 1.54) is 11.0 Å². The minimum absolute atomic E-state index is 0.00238. The number of nitrogens with zero attached hydrogens (tertiary/aromatic N) is 1. The molecule has 6 nitrogen and oxygen atoms in total. The van der Waals surface area contributed by atoms with Gasteiger partial charge < -0.3 is 14.2 Å². The number of ether oxygens (including phenoxy) is 3. The van der Waals surface area contributed by atoms with Crippen molar-refractivity contribution in [1.82, 2.24) is 4.90 Å². The topological polar surface area (TPSA) is 65.1 Å². The Morgan fingerprint density at radius 2 is 1.31 bits per heavy atom. The minimum Gasteiger partial charge on any atom is -0.493 e. The van der Waals surface area contributed by atoms with Gasteiger partial charge in [0, 0.05) is 19.1 Å². The van der Waals surface area contributed by atoms with E-state index in [4.69, 9.17) is 4.74 Å². The maximum absolute atomic E-state index is 13.8. The number of hydrogen-bond acceptors (Lipinski definition) is 5. The molecule has 0 aliphatic carbocycles. The van der Waals surface area contributed by atoms with Crippen molar-refractivity contribution in [2.75, 3.05) is 27.1 Å². The first-order valence-electron chi connectivity index (χ1n) is 16.8. The van der Waals surface area contributed by atoms with Crippen LogP contribution in [0.2, 0.25) is 0 Å². The zero-order valence-corrected chi connectivity index (χ0v) is 29.3. The summed E-state index contributed by atoms with van der Waals surface area (Å²) in [7, 11) is 0.939. The second-order valence-corrected chi connectivity index (χ2v) is 12.7. The van der Waals surface area contributed by atoms with E-state index in [9.17, 15) is 35.9 Å². The molecule has 0 radical (unpaired) electrons. The number of unbranched alkanes of at least 4 members (excludes halogenated alkanes) is 2. The second kappa shape index (κ2) is 16.0. The third-order valence-electron chi connectivity index (χ3n) is 9.66. The molecule has 1 heterocycles. The highest BCUT2D eigenvalue weighted by molar-refractivity contribution is 6.21. The van der Waals surface area contributed by atoms with Gasteiger partial charge in [-0.2, -0.15) is 26.3 Å². The molecular formula is C39H43F6NO5. The van der Waals surface area contributed by atoms with E-state index >= 15 is 0 Å². The summed E-state index contributed by atoms with van der Waals surface area (Å²) in [6.07, 6.45) is -7.28. The molecule has 0 aromatic heterocycles. The minimum atomic E-state index is -5.79. The molecule has 0 saturated heterocycles. The van der Waals surface area contributed by atoms with Crippen LogP contribution in [0, 0.1) is 13.8 Å². The van der Waals surface area contributed by atoms with E-state index in [0.717, 1.165) is 42.7 Å². The van der Waals surface area contributed by atoms with Gasteiger partial charge in [-0.15, -0.1) is 0 Å². The van der Waals surface area contributed by atoms with Crippen molar-refractivity contribution in [2.45, 2.75) is 83.2 Å². The molecule has 0 fully saturated rings. The Hall–Kier alpha value is -4.16. The van der Waals surface area contributed by atoms with Crippen molar-refractivity contribution < 1.29 is 50.1 Å². The van der Waals surface area contributed by atoms with Crippen LogP contribution in [0.25, 0.3) is 6.08 Å². The number of fused-ring (bicyclic) bond motifs is 1. The molecule has 3 aromatic carbocycles. The molecule has 4 rings (SSSR count). The molecule has 276 valence electrons. The molecule has 0 bridgehead atoms. The van der Waals surface area contributed by atoms with Crippen LogP contribution in [-0.4, -0.2) is 61.7 Å². The number of hydrogen-bond donors (Lipinski definition) is 0. The fraction of sp³-hybridized carbons (Fsp3) is 0.436. The standard InChI is InChI=1S/C39H43F6NO5/c1-6-36(7-2,29-16-15-28(26(3)23-29)19-20-37(38(40,41)42,39(43,44)45)51-25-49-5)30-17-18-33(27(4)24-30)50-22-12-8-11-21-46-34(47)31-13-9-10-14-32(31)35(46)48/h9-10,13-20,23-24H,6-8,11-12,21-22,25H2,1-5H3/b20-19+. The van der Waals surface area contributed by atoms with Crippen LogP contribution in [0.3, 0.4) is 0 Å². The Balaban J connectivity index is 1.43. The molecule has 0 saturated carbocycles. The predicted molar refractivity (Wildman–Crippen MR) is 182 cm³/mol. The highest BCUT2D eigenvalue weighted by atomic mass is 19.4. The van der Waals surface area contributed by atoms with Gasteiger partial charge in [0.15, 0.2) is 0 Å². The van der Waals surface area contributed by atoms with Crippen molar-refractivity contribution in [2.24, 2.45) is 0 Å². The molecular weight excluding hydrogens is 676 g/mol. The Labute approximate surface area is 294 Å². The zero-order valence-electron chi connectivity index (χ0n) is 29.3. The lowest BCUT2D eigenvalue weighted by Crippen LogP contribution is -2.57. The average Bonchev–Trinajstić information content (AvgIpc) is 3.32. The van der Waals surface area contributed by atoms with Gasteiger partial charge in [0.1, 0.15) is 12.5 Å². The van der Waals surface area contributed by atoms with Gasteiger partial charge in [-0.1, -0.05) is 62.4 Å². The highest BCUT2D eigenvalue weighted by Gasteiger charge is 2.71. The van der Waals surface area contributed by atoms with Gasteiger partial charge in [0.05, 0.1) is 17.7 Å². The number of halogens is 6. The first kappa shape index (κ1) is 39.6. The van der Waals surface area contributed by atoms with E-state index in [0.29, 0.717) is 54.9 Å². The Morgan fingerprint density at radius 3 is 1.82 bits per heavy atom. The summed E-state index contributed by atoms with van der Waals surface area (Å²) in [4.78, 5) is 26.4. The maximum atomic E-state index is 13.8. The van der Waals surface area contributed by atoms with Crippen LogP contribution in [0.4, 0.5) is 26.3 Å². The number of carbonyl (C=O) groups is 2. The monoisotopic (exact) mass is 719 g/mol. The lowest BCUT2D eigenvalue weighted by Gasteiger charge is -2.35. The van der Waals surface area contributed by atoms with Gasteiger partial charge >= 0.3 is 12.4 Å². The number of aryl methyl sites for hydroxylation is 2. The van der Waals surface area contributed by atoms with E-state index < -0.39 is 30.2 Å². The summed E-state index contributed by atoms with van der Waals surface area (Å²) in [6, 6.07) is 17.8. The third-order valence-corrected chi connectivity index (χ3v) is 9.66. The van der Waals surface area contributed by atoms with Crippen molar-refractivity contribution in [1.29, 1.82) is 0 Å². The summed E-state index contributed by atoms with van der Waals surface area (Å²) >= 11 is 0. The number of amides is 2. The number of carbonyl (C=O) groups excluding carboxylic acids is 2. The van der Waals surface area contributed by atoms with Gasteiger partial charge in [-0.25, -0.2) is 0 Å². The quantitative estimate of drug-likeness (QED) is 0.0639. The van der Waals surface area contributed by atoms with Crippen LogP contribution in [-0.2, 0) is 14.9 Å². The van der Waals surface area contributed by atoms with Gasteiger partial charge in [0.2, 0.25) is 0 Å². The summed E-state index contributed by atoms with van der Waals surface area (Å²) in [5.74, 6) is 0.190. The van der Waals surface area contributed by atoms with Crippen molar-refractivity contribution >= 4 is 17.9 Å². The van der Waals surface area contributed by atoms with Crippen molar-refractivity contribution in [3.8, 4) is 5.75 Å². The largest absolute Gasteiger partial charge is 0.493 e. The van der Waals surface area contributed by atoms with Crippen LogP contribution >= 0.6 is 0 Å². The zero-order chi connectivity index (χ0) is 37.6. The van der Waals surface area contributed by atoms with Crippen LogP contribution < -0.4 is 4.74 Å². The molecule has 51 heavy (non-hydrogen) atoms. The fourth-order valence-electron chi connectivity index (χ4n) is 6.60. The molecule has 2 amide bonds. The SMILES string of the molecule is CCC(CC)(c1ccc(/C=C/C(OCOC)(C(F)(F)F)C(F)(F)F)c(C)c1)c1ccc(OCCCCCN2C(=O)c3ccccc3C2=O)c(C)c1. The Bertz CT molecular complexity index is 1680. The summed E-state index contributed by atoms with van der Waals surface area (Å²) in [5, 5.41) is 0. The van der Waals surface area contributed by atoms with Crippen LogP contribution in [0.15, 0.2) is 66.7 Å². The number of benzene rings is 3. The smallest absolute Gasteiger partial charge is 0.430 e.